The van der Waals surface area contributed by atoms with Crippen molar-refractivity contribution in [3.8, 4) is 5.69 Å². The van der Waals surface area contributed by atoms with Crippen LogP contribution in [0.2, 0.25) is 5.02 Å². The van der Waals surface area contributed by atoms with Gasteiger partial charge in [0.15, 0.2) is 5.16 Å². The van der Waals surface area contributed by atoms with Crippen LogP contribution in [0.5, 0.6) is 0 Å². The average molecular weight is 358 g/mol. The molecule has 0 radical (unpaired) electrons. The molecule has 0 unspecified atom stereocenters. The van der Waals surface area contributed by atoms with Crippen molar-refractivity contribution in [3.05, 3.63) is 76.3 Å². The Labute approximate surface area is 148 Å². The largest absolute Gasteiger partial charge is 0.289 e. The maximum Gasteiger partial charge on any atom is 0.172 e. The average Bonchev–Trinajstić information content (AvgIpc) is 2.93. The molecule has 4 rings (SSSR count). The van der Waals surface area contributed by atoms with E-state index in [9.17, 15) is 4.39 Å². The van der Waals surface area contributed by atoms with E-state index in [1.54, 1.807) is 23.9 Å². The topological polar surface area (TPSA) is 30.2 Å². The zero-order valence-electron chi connectivity index (χ0n) is 12.8. The Balaban J connectivity index is 2.01. The molecule has 0 bridgehead atoms. The highest BCUT2D eigenvalue weighted by Gasteiger charge is 2.23. The van der Waals surface area contributed by atoms with E-state index in [0.29, 0.717) is 22.8 Å². The lowest BCUT2D eigenvalue weighted by molar-refractivity contribution is 0.625. The van der Waals surface area contributed by atoms with Gasteiger partial charge in [-0.25, -0.2) is 9.37 Å². The summed E-state index contributed by atoms with van der Waals surface area (Å²) in [5.74, 6) is -0.294. The molecule has 0 fully saturated rings. The molecule has 0 aliphatic carbocycles. The van der Waals surface area contributed by atoms with Crippen LogP contribution in [0.25, 0.3) is 5.69 Å². The molecule has 1 aromatic heterocycles. The Morgan fingerprint density at radius 3 is 2.79 bits per heavy atom. The summed E-state index contributed by atoms with van der Waals surface area (Å²) < 4.78 is 16.4. The van der Waals surface area contributed by atoms with Gasteiger partial charge in [0, 0.05) is 16.1 Å². The fourth-order valence-corrected chi connectivity index (χ4v) is 3.63. The molecule has 0 saturated carbocycles. The van der Waals surface area contributed by atoms with Gasteiger partial charge in [-0.15, -0.1) is 0 Å². The minimum atomic E-state index is -0.294. The van der Waals surface area contributed by atoms with Gasteiger partial charge in [0.25, 0.3) is 0 Å². The number of hydrogen-bond acceptors (Lipinski definition) is 3. The Kier molecular flexibility index (Phi) is 3.90. The zero-order chi connectivity index (χ0) is 16.7. The molecule has 2 heterocycles. The molecule has 6 heteroatoms. The van der Waals surface area contributed by atoms with E-state index in [2.05, 4.69) is 14.5 Å². The number of hydrogen-bond donors (Lipinski definition) is 0. The molecule has 0 spiro atoms. The summed E-state index contributed by atoms with van der Waals surface area (Å²) in [6.07, 6.45) is 3.80. The maximum absolute atomic E-state index is 14.4. The van der Waals surface area contributed by atoms with Gasteiger partial charge >= 0.3 is 0 Å². The standard InChI is InChI=1S/C18H13ClFN3S/c1-24-18-22-10-12-9-21-17(13-4-2-3-5-15(13)20)14-8-11(19)6-7-16(14)23(12)18/h2-8,10H,9H2,1H3. The van der Waals surface area contributed by atoms with E-state index in [1.807, 2.05) is 36.7 Å². The Bertz CT molecular complexity index is 965. The third kappa shape index (κ3) is 2.44. The normalized spacial score (nSPS) is 13.0. The number of thioether (sulfide) groups is 1. The highest BCUT2D eigenvalue weighted by atomic mass is 35.5. The van der Waals surface area contributed by atoms with Crippen LogP contribution in [-0.4, -0.2) is 21.5 Å². The minimum absolute atomic E-state index is 0.294. The first-order chi connectivity index (χ1) is 11.7. The fourth-order valence-electron chi connectivity index (χ4n) is 2.90. The molecule has 120 valence electrons. The van der Waals surface area contributed by atoms with Crippen molar-refractivity contribution in [1.29, 1.82) is 0 Å². The third-order valence-electron chi connectivity index (χ3n) is 3.97. The van der Waals surface area contributed by atoms with Crippen LogP contribution < -0.4 is 0 Å². The van der Waals surface area contributed by atoms with Gasteiger partial charge in [-0.05, 0) is 36.6 Å². The first-order valence-corrected chi connectivity index (χ1v) is 8.99. The van der Waals surface area contributed by atoms with Crippen LogP contribution in [0.3, 0.4) is 0 Å². The number of imidazole rings is 1. The number of nitrogens with zero attached hydrogens (tertiary/aromatic N) is 3. The molecule has 24 heavy (non-hydrogen) atoms. The molecule has 3 aromatic rings. The summed E-state index contributed by atoms with van der Waals surface area (Å²) >= 11 is 7.78. The minimum Gasteiger partial charge on any atom is -0.289 e. The molecule has 3 nitrogen and oxygen atoms in total. The first kappa shape index (κ1) is 15.4. The van der Waals surface area contributed by atoms with Crippen molar-refractivity contribution >= 4 is 29.1 Å². The van der Waals surface area contributed by atoms with E-state index in [1.165, 1.54) is 6.07 Å². The predicted octanol–water partition coefficient (Wildman–Crippen LogP) is 4.74. The molecule has 1 aliphatic rings. The molecule has 1 aliphatic heterocycles. The van der Waals surface area contributed by atoms with Gasteiger partial charge in [-0.2, -0.15) is 0 Å². The van der Waals surface area contributed by atoms with Gasteiger partial charge in [-0.3, -0.25) is 9.56 Å². The van der Waals surface area contributed by atoms with Crippen LogP contribution in [0.15, 0.2) is 58.8 Å². The Morgan fingerprint density at radius 2 is 2.00 bits per heavy atom. The van der Waals surface area contributed by atoms with Crippen LogP contribution in [0.1, 0.15) is 16.8 Å². The predicted molar refractivity (Wildman–Crippen MR) is 96.1 cm³/mol. The maximum atomic E-state index is 14.4. The summed E-state index contributed by atoms with van der Waals surface area (Å²) in [5, 5.41) is 1.46. The van der Waals surface area contributed by atoms with Crippen molar-refractivity contribution in [2.45, 2.75) is 11.7 Å². The summed E-state index contributed by atoms with van der Waals surface area (Å²) in [6, 6.07) is 12.3. The van der Waals surface area contributed by atoms with E-state index < -0.39 is 0 Å². The van der Waals surface area contributed by atoms with Crippen molar-refractivity contribution in [1.82, 2.24) is 9.55 Å². The van der Waals surface area contributed by atoms with Crippen molar-refractivity contribution in [2.24, 2.45) is 4.99 Å². The highest BCUT2D eigenvalue weighted by molar-refractivity contribution is 7.98. The highest BCUT2D eigenvalue weighted by Crippen LogP contribution is 2.31. The summed E-state index contributed by atoms with van der Waals surface area (Å²) in [7, 11) is 0. The number of aliphatic imine (C=N–C) groups is 1. The zero-order valence-corrected chi connectivity index (χ0v) is 14.4. The van der Waals surface area contributed by atoms with Crippen LogP contribution >= 0.6 is 23.4 Å². The second-order valence-corrected chi connectivity index (χ2v) is 6.59. The Hall–Kier alpha value is -2.11. The molecule has 0 amide bonds. The van der Waals surface area contributed by atoms with Crippen molar-refractivity contribution < 1.29 is 4.39 Å². The van der Waals surface area contributed by atoms with Gasteiger partial charge < -0.3 is 0 Å². The lowest BCUT2D eigenvalue weighted by Crippen LogP contribution is -2.09. The first-order valence-electron chi connectivity index (χ1n) is 7.39. The number of aromatic nitrogens is 2. The van der Waals surface area contributed by atoms with Gasteiger partial charge in [0.05, 0.1) is 29.8 Å². The van der Waals surface area contributed by atoms with Gasteiger partial charge in [0.1, 0.15) is 5.82 Å². The van der Waals surface area contributed by atoms with Crippen molar-refractivity contribution in [2.75, 3.05) is 6.26 Å². The summed E-state index contributed by atoms with van der Waals surface area (Å²) in [4.78, 5) is 9.12. The summed E-state index contributed by atoms with van der Waals surface area (Å²) in [5.41, 5.74) is 3.77. The number of halogens is 2. The van der Waals surface area contributed by atoms with Gasteiger partial charge in [-0.1, -0.05) is 35.5 Å². The number of fused-ring (bicyclic) bond motifs is 3. The lowest BCUT2D eigenvalue weighted by Gasteiger charge is -2.14. The quantitative estimate of drug-likeness (QED) is 0.620. The summed E-state index contributed by atoms with van der Waals surface area (Å²) in [6.45, 7) is 0.434. The van der Waals surface area contributed by atoms with E-state index in [-0.39, 0.29) is 5.82 Å². The SMILES string of the molecule is CSc1ncc2n1-c1ccc(Cl)cc1C(c1ccccc1F)=NC2. The van der Waals surface area contributed by atoms with Crippen LogP contribution in [0.4, 0.5) is 4.39 Å². The second-order valence-electron chi connectivity index (χ2n) is 5.38. The molecule has 0 saturated heterocycles. The number of benzene rings is 2. The molecular formula is C18H13ClFN3S. The monoisotopic (exact) mass is 357 g/mol. The second kappa shape index (κ2) is 6.07. The fraction of sp³-hybridized carbons (Fsp3) is 0.111. The molecule has 0 N–H and O–H groups in total. The van der Waals surface area contributed by atoms with E-state index in [4.69, 9.17) is 11.6 Å². The third-order valence-corrected chi connectivity index (χ3v) is 4.86. The smallest absolute Gasteiger partial charge is 0.172 e. The van der Waals surface area contributed by atoms with Crippen molar-refractivity contribution in [3.63, 3.8) is 0 Å². The van der Waals surface area contributed by atoms with E-state index >= 15 is 0 Å². The van der Waals surface area contributed by atoms with Gasteiger partial charge in [0.2, 0.25) is 0 Å². The number of rotatable bonds is 2. The molecule has 2 aromatic carbocycles. The van der Waals surface area contributed by atoms with Crippen LogP contribution in [-0.2, 0) is 6.54 Å². The lowest BCUT2D eigenvalue weighted by atomic mass is 10.00. The molecule has 0 atom stereocenters. The Morgan fingerprint density at radius 1 is 1.17 bits per heavy atom. The van der Waals surface area contributed by atoms with Crippen LogP contribution in [0, 0.1) is 5.82 Å². The van der Waals surface area contributed by atoms with E-state index in [0.717, 1.165) is 22.1 Å². The molecular weight excluding hydrogens is 345 g/mol.